The van der Waals surface area contributed by atoms with Crippen molar-refractivity contribution in [2.45, 2.75) is 6.61 Å². The number of halogens is 2. The molecule has 0 aliphatic heterocycles. The van der Waals surface area contributed by atoms with Crippen molar-refractivity contribution in [1.29, 1.82) is 0 Å². The quantitative estimate of drug-likeness (QED) is 0.525. The van der Waals surface area contributed by atoms with Crippen LogP contribution < -0.4 is 4.74 Å². The van der Waals surface area contributed by atoms with Gasteiger partial charge in [-0.3, -0.25) is 4.98 Å². The zero-order chi connectivity index (χ0) is 18.1. The minimum Gasteiger partial charge on any atom is -0.435 e. The molecule has 0 fully saturated rings. The molecular formula is C20H15F2N3O. The van der Waals surface area contributed by atoms with Gasteiger partial charge in [-0.05, 0) is 35.9 Å². The van der Waals surface area contributed by atoms with E-state index >= 15 is 0 Å². The molecule has 0 bridgehead atoms. The number of hydrogen-bond donors (Lipinski definition) is 0. The molecule has 0 spiro atoms. The first-order valence-corrected chi connectivity index (χ1v) is 8.03. The zero-order valence-electron chi connectivity index (χ0n) is 13.9. The van der Waals surface area contributed by atoms with Crippen LogP contribution in [0.2, 0.25) is 0 Å². The third-order valence-electron chi connectivity index (χ3n) is 4.18. The van der Waals surface area contributed by atoms with E-state index < -0.39 is 6.61 Å². The summed E-state index contributed by atoms with van der Waals surface area (Å²) in [5.74, 6) is 0.108. The van der Waals surface area contributed by atoms with Crippen molar-refractivity contribution in [3.63, 3.8) is 0 Å². The van der Waals surface area contributed by atoms with Crippen LogP contribution in [-0.4, -0.2) is 21.1 Å². The number of hydrogen-bond acceptors (Lipinski definition) is 3. The number of imidazole rings is 1. The molecule has 2 aromatic carbocycles. The van der Waals surface area contributed by atoms with Crippen molar-refractivity contribution in [1.82, 2.24) is 14.5 Å². The lowest BCUT2D eigenvalue weighted by Crippen LogP contribution is -2.01. The van der Waals surface area contributed by atoms with Crippen LogP contribution in [0, 0.1) is 0 Å². The monoisotopic (exact) mass is 351 g/mol. The Kier molecular flexibility index (Phi) is 4.08. The Morgan fingerprint density at radius 1 is 0.962 bits per heavy atom. The van der Waals surface area contributed by atoms with Gasteiger partial charge in [-0.1, -0.05) is 24.3 Å². The number of alkyl halides is 2. The van der Waals surface area contributed by atoms with Gasteiger partial charge in [0.2, 0.25) is 0 Å². The Labute approximate surface area is 148 Å². The van der Waals surface area contributed by atoms with E-state index in [1.807, 2.05) is 48.0 Å². The Balaban J connectivity index is 1.83. The molecule has 0 atom stereocenters. The largest absolute Gasteiger partial charge is 0.435 e. The molecule has 0 radical (unpaired) electrons. The molecule has 130 valence electrons. The average molecular weight is 351 g/mol. The van der Waals surface area contributed by atoms with E-state index in [-0.39, 0.29) is 5.75 Å². The molecule has 0 unspecified atom stereocenters. The lowest BCUT2D eigenvalue weighted by Gasteiger charge is -2.11. The minimum absolute atomic E-state index is 0.108. The second kappa shape index (κ2) is 6.55. The average Bonchev–Trinajstić information content (AvgIpc) is 3.02. The number of aromatic nitrogens is 3. The number of benzene rings is 2. The summed E-state index contributed by atoms with van der Waals surface area (Å²) in [7, 11) is 1.94. The van der Waals surface area contributed by atoms with Gasteiger partial charge in [-0.15, -0.1) is 0 Å². The third-order valence-corrected chi connectivity index (χ3v) is 4.18. The Morgan fingerprint density at radius 3 is 2.69 bits per heavy atom. The SMILES string of the molecule is Cn1cnc2ccc(-c3cccnc3-c3cccc(OC(F)F)c3)cc21. The van der Waals surface area contributed by atoms with Crippen molar-refractivity contribution < 1.29 is 13.5 Å². The van der Waals surface area contributed by atoms with Crippen LogP contribution in [0.5, 0.6) is 5.75 Å². The van der Waals surface area contributed by atoms with Gasteiger partial charge < -0.3 is 9.30 Å². The fourth-order valence-electron chi connectivity index (χ4n) is 2.98. The van der Waals surface area contributed by atoms with Crippen LogP contribution >= 0.6 is 0 Å². The summed E-state index contributed by atoms with van der Waals surface area (Å²) < 4.78 is 31.5. The molecule has 4 rings (SSSR count). The van der Waals surface area contributed by atoms with E-state index in [4.69, 9.17) is 0 Å². The highest BCUT2D eigenvalue weighted by molar-refractivity contribution is 5.87. The standard InChI is InChI=1S/C20H15F2N3O/c1-25-12-24-17-8-7-13(11-18(17)25)16-6-3-9-23-19(16)14-4-2-5-15(10-14)26-20(21)22/h2-12,20H,1H3. The van der Waals surface area contributed by atoms with Crippen LogP contribution in [-0.2, 0) is 7.05 Å². The molecule has 2 heterocycles. The maximum atomic E-state index is 12.5. The van der Waals surface area contributed by atoms with Gasteiger partial charge >= 0.3 is 6.61 Å². The van der Waals surface area contributed by atoms with E-state index in [2.05, 4.69) is 14.7 Å². The Bertz CT molecular complexity index is 1080. The summed E-state index contributed by atoms with van der Waals surface area (Å²) >= 11 is 0. The minimum atomic E-state index is -2.86. The van der Waals surface area contributed by atoms with Gasteiger partial charge in [0.15, 0.2) is 0 Å². The Morgan fingerprint density at radius 2 is 1.85 bits per heavy atom. The number of rotatable bonds is 4. The first kappa shape index (κ1) is 16.2. The van der Waals surface area contributed by atoms with Gasteiger partial charge in [0.25, 0.3) is 0 Å². The molecule has 4 nitrogen and oxygen atoms in total. The van der Waals surface area contributed by atoms with E-state index in [1.54, 1.807) is 24.7 Å². The fraction of sp³-hybridized carbons (Fsp3) is 0.100. The van der Waals surface area contributed by atoms with Gasteiger partial charge in [0.05, 0.1) is 23.1 Å². The van der Waals surface area contributed by atoms with Crippen molar-refractivity contribution in [3.05, 3.63) is 67.1 Å². The predicted molar refractivity (Wildman–Crippen MR) is 96.0 cm³/mol. The van der Waals surface area contributed by atoms with E-state index in [9.17, 15) is 8.78 Å². The van der Waals surface area contributed by atoms with Crippen molar-refractivity contribution in [2.24, 2.45) is 7.05 Å². The van der Waals surface area contributed by atoms with Crippen LogP contribution in [0.25, 0.3) is 33.4 Å². The molecular weight excluding hydrogens is 336 g/mol. The molecule has 4 aromatic rings. The fourth-order valence-corrected chi connectivity index (χ4v) is 2.98. The van der Waals surface area contributed by atoms with Crippen molar-refractivity contribution in [3.8, 4) is 28.1 Å². The molecule has 0 amide bonds. The van der Waals surface area contributed by atoms with E-state index in [1.165, 1.54) is 6.07 Å². The summed E-state index contributed by atoms with van der Waals surface area (Å²) in [6.07, 6.45) is 3.45. The number of pyridine rings is 1. The van der Waals surface area contributed by atoms with Crippen molar-refractivity contribution >= 4 is 11.0 Å². The highest BCUT2D eigenvalue weighted by atomic mass is 19.3. The maximum absolute atomic E-state index is 12.5. The number of nitrogens with zero attached hydrogens (tertiary/aromatic N) is 3. The van der Waals surface area contributed by atoms with E-state index in [0.717, 1.165) is 22.2 Å². The lowest BCUT2D eigenvalue weighted by molar-refractivity contribution is -0.0498. The zero-order valence-corrected chi connectivity index (χ0v) is 13.9. The molecule has 0 aliphatic carbocycles. The second-order valence-electron chi connectivity index (χ2n) is 5.86. The smallest absolute Gasteiger partial charge is 0.387 e. The molecule has 0 saturated carbocycles. The molecule has 0 aliphatic rings. The van der Waals surface area contributed by atoms with Crippen LogP contribution in [0.3, 0.4) is 0 Å². The molecule has 6 heteroatoms. The molecule has 26 heavy (non-hydrogen) atoms. The molecule has 0 saturated heterocycles. The summed E-state index contributed by atoms with van der Waals surface area (Å²) in [6, 6.07) is 16.4. The summed E-state index contributed by atoms with van der Waals surface area (Å²) in [5, 5.41) is 0. The molecule has 2 aromatic heterocycles. The first-order valence-electron chi connectivity index (χ1n) is 8.03. The lowest BCUT2D eigenvalue weighted by atomic mass is 9.99. The summed E-state index contributed by atoms with van der Waals surface area (Å²) in [5.41, 5.74) is 5.22. The highest BCUT2D eigenvalue weighted by Gasteiger charge is 2.12. The topological polar surface area (TPSA) is 39.9 Å². The second-order valence-corrected chi connectivity index (χ2v) is 5.86. The third kappa shape index (κ3) is 3.01. The van der Waals surface area contributed by atoms with Crippen LogP contribution in [0.15, 0.2) is 67.1 Å². The summed E-state index contributed by atoms with van der Waals surface area (Å²) in [6.45, 7) is -2.86. The molecule has 0 N–H and O–H groups in total. The first-order chi connectivity index (χ1) is 12.6. The van der Waals surface area contributed by atoms with Crippen molar-refractivity contribution in [2.75, 3.05) is 0 Å². The summed E-state index contributed by atoms with van der Waals surface area (Å²) in [4.78, 5) is 8.80. The maximum Gasteiger partial charge on any atom is 0.387 e. The van der Waals surface area contributed by atoms with Gasteiger partial charge in [-0.2, -0.15) is 8.78 Å². The van der Waals surface area contributed by atoms with Gasteiger partial charge in [0, 0.05) is 24.4 Å². The number of fused-ring (bicyclic) bond motifs is 1. The normalized spacial score (nSPS) is 11.2. The predicted octanol–water partition coefficient (Wildman–Crippen LogP) is 4.90. The number of ether oxygens (including phenoxy) is 1. The van der Waals surface area contributed by atoms with Crippen LogP contribution in [0.1, 0.15) is 0 Å². The van der Waals surface area contributed by atoms with Gasteiger partial charge in [0.1, 0.15) is 5.75 Å². The van der Waals surface area contributed by atoms with Gasteiger partial charge in [-0.25, -0.2) is 4.98 Å². The highest BCUT2D eigenvalue weighted by Crippen LogP contribution is 2.33. The Hall–Kier alpha value is -3.28. The van der Waals surface area contributed by atoms with E-state index in [0.29, 0.717) is 11.3 Å². The van der Waals surface area contributed by atoms with Crippen LogP contribution in [0.4, 0.5) is 8.78 Å². The number of aryl methyl sites for hydroxylation is 1.